The molecule has 4 nitrogen and oxygen atoms in total. The minimum Gasteiger partial charge on any atom is -0.354 e. The number of thioether (sulfide) groups is 1. The van der Waals surface area contributed by atoms with E-state index >= 15 is 0 Å². The maximum absolute atomic E-state index is 13.0. The van der Waals surface area contributed by atoms with E-state index in [0.717, 1.165) is 24.2 Å². The maximum atomic E-state index is 13.0. The number of amides is 2. The summed E-state index contributed by atoms with van der Waals surface area (Å²) in [7, 11) is 0. The molecule has 1 N–H and O–H groups in total. The van der Waals surface area contributed by atoms with Crippen LogP contribution in [0.15, 0.2) is 54.6 Å². The van der Waals surface area contributed by atoms with Crippen LogP contribution in [0.3, 0.4) is 0 Å². The first kappa shape index (κ1) is 23.0. The van der Waals surface area contributed by atoms with Gasteiger partial charge in [0, 0.05) is 18.8 Å². The Balaban J connectivity index is 2.02. The highest BCUT2D eigenvalue weighted by Crippen LogP contribution is 2.16. The molecule has 2 amide bonds. The van der Waals surface area contributed by atoms with Gasteiger partial charge in [-0.2, -0.15) is 0 Å². The molecular weight excluding hydrogens is 380 g/mol. The summed E-state index contributed by atoms with van der Waals surface area (Å²) in [6.07, 6.45) is 1.97. The second kappa shape index (κ2) is 12.3. The molecule has 0 saturated carbocycles. The summed E-state index contributed by atoms with van der Waals surface area (Å²) >= 11 is 1.58. The van der Waals surface area contributed by atoms with Gasteiger partial charge >= 0.3 is 0 Å². The normalized spacial score (nSPS) is 11.7. The van der Waals surface area contributed by atoms with Crippen LogP contribution in [0.4, 0.5) is 0 Å². The van der Waals surface area contributed by atoms with Crippen molar-refractivity contribution in [3.05, 3.63) is 71.3 Å². The van der Waals surface area contributed by atoms with Crippen LogP contribution in [0, 0.1) is 6.92 Å². The van der Waals surface area contributed by atoms with Gasteiger partial charge in [0.05, 0.1) is 5.75 Å². The molecule has 0 heterocycles. The third-order valence-corrected chi connectivity index (χ3v) is 5.80. The van der Waals surface area contributed by atoms with Gasteiger partial charge in [-0.25, -0.2) is 0 Å². The van der Waals surface area contributed by atoms with Crippen molar-refractivity contribution in [2.45, 2.75) is 52.0 Å². The SMILES string of the molecule is CCCCNC(=O)C(C)N(Cc1ccc(C)cc1)C(=O)CSCc1ccccc1. The molecule has 1 atom stereocenters. The van der Waals surface area contributed by atoms with E-state index in [0.29, 0.717) is 18.8 Å². The van der Waals surface area contributed by atoms with Crippen LogP contribution in [-0.4, -0.2) is 35.1 Å². The number of nitrogens with one attached hydrogen (secondary N) is 1. The van der Waals surface area contributed by atoms with Gasteiger partial charge in [-0.1, -0.05) is 73.5 Å². The van der Waals surface area contributed by atoms with Crippen LogP contribution >= 0.6 is 11.8 Å². The summed E-state index contributed by atoms with van der Waals surface area (Å²) in [5.74, 6) is 1.03. The second-order valence-electron chi connectivity index (χ2n) is 7.31. The van der Waals surface area contributed by atoms with E-state index in [1.165, 1.54) is 11.1 Å². The van der Waals surface area contributed by atoms with Gasteiger partial charge in [-0.3, -0.25) is 9.59 Å². The number of carbonyl (C=O) groups excluding carboxylic acids is 2. The molecule has 0 aliphatic rings. The maximum Gasteiger partial charge on any atom is 0.242 e. The molecular formula is C24H32N2O2S. The van der Waals surface area contributed by atoms with E-state index in [4.69, 9.17) is 0 Å². The van der Waals surface area contributed by atoms with Gasteiger partial charge < -0.3 is 10.2 Å². The van der Waals surface area contributed by atoms with Crippen LogP contribution in [0.5, 0.6) is 0 Å². The Kier molecular flexibility index (Phi) is 9.78. The van der Waals surface area contributed by atoms with Crippen LogP contribution in [0.1, 0.15) is 43.4 Å². The highest BCUT2D eigenvalue weighted by atomic mass is 32.2. The third-order valence-electron chi connectivity index (χ3n) is 4.81. The largest absolute Gasteiger partial charge is 0.354 e. The molecule has 0 spiro atoms. The molecule has 29 heavy (non-hydrogen) atoms. The lowest BCUT2D eigenvalue weighted by Gasteiger charge is -2.29. The highest BCUT2D eigenvalue weighted by molar-refractivity contribution is 7.99. The molecule has 156 valence electrons. The molecule has 2 aromatic rings. The van der Waals surface area contributed by atoms with E-state index in [-0.39, 0.29) is 11.8 Å². The van der Waals surface area contributed by atoms with E-state index < -0.39 is 6.04 Å². The Morgan fingerprint density at radius 3 is 2.38 bits per heavy atom. The molecule has 1 unspecified atom stereocenters. The molecule has 2 aromatic carbocycles. The molecule has 5 heteroatoms. The molecule has 2 rings (SSSR count). The molecule has 0 bridgehead atoms. The van der Waals surface area contributed by atoms with Crippen LogP contribution < -0.4 is 5.32 Å². The van der Waals surface area contributed by atoms with Gasteiger partial charge in [0.2, 0.25) is 11.8 Å². The van der Waals surface area contributed by atoms with E-state index in [2.05, 4.69) is 24.4 Å². The summed E-state index contributed by atoms with van der Waals surface area (Å²) in [5.41, 5.74) is 3.40. The standard InChI is InChI=1S/C24H32N2O2S/c1-4-5-15-25-24(28)20(3)26(16-21-13-11-19(2)12-14-21)23(27)18-29-17-22-9-7-6-8-10-22/h6-14,20H,4-5,15-18H2,1-3H3,(H,25,28). The Labute approximate surface area is 179 Å². The van der Waals surface area contributed by atoms with Crippen LogP contribution in [0.2, 0.25) is 0 Å². The molecule has 0 aromatic heterocycles. The number of aryl methyl sites for hydroxylation is 1. The second-order valence-corrected chi connectivity index (χ2v) is 8.29. The summed E-state index contributed by atoms with van der Waals surface area (Å²) in [6.45, 7) is 7.03. The lowest BCUT2D eigenvalue weighted by Crippen LogP contribution is -2.48. The topological polar surface area (TPSA) is 49.4 Å². The summed E-state index contributed by atoms with van der Waals surface area (Å²) in [4.78, 5) is 27.3. The van der Waals surface area contributed by atoms with Crippen molar-refractivity contribution in [1.29, 1.82) is 0 Å². The van der Waals surface area contributed by atoms with E-state index in [9.17, 15) is 9.59 Å². The van der Waals surface area contributed by atoms with E-state index in [1.54, 1.807) is 16.7 Å². The average Bonchev–Trinajstić information content (AvgIpc) is 2.73. The zero-order valence-corrected chi connectivity index (χ0v) is 18.5. The Bertz CT molecular complexity index is 762. The fourth-order valence-electron chi connectivity index (χ4n) is 2.92. The van der Waals surface area contributed by atoms with Crippen molar-refractivity contribution in [2.75, 3.05) is 12.3 Å². The van der Waals surface area contributed by atoms with Gasteiger partial charge in [0.15, 0.2) is 0 Å². The smallest absolute Gasteiger partial charge is 0.242 e. The van der Waals surface area contributed by atoms with Crippen molar-refractivity contribution in [3.63, 3.8) is 0 Å². The van der Waals surface area contributed by atoms with Gasteiger partial charge in [-0.15, -0.1) is 11.8 Å². The van der Waals surface area contributed by atoms with Crippen molar-refractivity contribution in [1.82, 2.24) is 10.2 Å². The van der Waals surface area contributed by atoms with Crippen molar-refractivity contribution >= 4 is 23.6 Å². The molecule has 0 fully saturated rings. The predicted octanol–water partition coefficient (Wildman–Crippen LogP) is 4.56. The van der Waals surface area contributed by atoms with Crippen LogP contribution in [0.25, 0.3) is 0 Å². The quantitative estimate of drug-likeness (QED) is 0.550. The van der Waals surface area contributed by atoms with Gasteiger partial charge in [-0.05, 0) is 31.4 Å². The number of benzene rings is 2. The van der Waals surface area contributed by atoms with Crippen molar-refractivity contribution < 1.29 is 9.59 Å². The zero-order valence-electron chi connectivity index (χ0n) is 17.7. The predicted molar refractivity (Wildman–Crippen MR) is 122 cm³/mol. The van der Waals surface area contributed by atoms with Gasteiger partial charge in [0.25, 0.3) is 0 Å². The van der Waals surface area contributed by atoms with Crippen molar-refractivity contribution in [2.24, 2.45) is 0 Å². The Morgan fingerprint density at radius 1 is 1.03 bits per heavy atom. The molecule has 0 radical (unpaired) electrons. The Morgan fingerprint density at radius 2 is 1.72 bits per heavy atom. The fraction of sp³-hybridized carbons (Fsp3) is 0.417. The highest BCUT2D eigenvalue weighted by Gasteiger charge is 2.25. The molecule has 0 aliphatic heterocycles. The lowest BCUT2D eigenvalue weighted by atomic mass is 10.1. The lowest BCUT2D eigenvalue weighted by molar-refractivity contribution is -0.138. The minimum atomic E-state index is -0.502. The minimum absolute atomic E-state index is 0.00959. The summed E-state index contributed by atoms with van der Waals surface area (Å²) in [5, 5.41) is 2.96. The summed E-state index contributed by atoms with van der Waals surface area (Å²) in [6, 6.07) is 17.7. The Hall–Kier alpha value is -2.27. The number of hydrogen-bond acceptors (Lipinski definition) is 3. The summed E-state index contributed by atoms with van der Waals surface area (Å²) < 4.78 is 0. The fourth-order valence-corrected chi connectivity index (χ4v) is 3.79. The number of rotatable bonds is 11. The van der Waals surface area contributed by atoms with E-state index in [1.807, 2.05) is 56.3 Å². The first-order chi connectivity index (χ1) is 14.0. The van der Waals surface area contributed by atoms with Crippen molar-refractivity contribution in [3.8, 4) is 0 Å². The van der Waals surface area contributed by atoms with Gasteiger partial charge in [0.1, 0.15) is 6.04 Å². The number of carbonyl (C=O) groups is 2. The van der Waals surface area contributed by atoms with Crippen LogP contribution in [-0.2, 0) is 21.9 Å². The third kappa shape index (κ3) is 7.94. The molecule has 0 saturated heterocycles. The first-order valence-corrected chi connectivity index (χ1v) is 11.4. The number of nitrogens with zero attached hydrogens (tertiary/aromatic N) is 1. The average molecular weight is 413 g/mol. The first-order valence-electron chi connectivity index (χ1n) is 10.3. The zero-order chi connectivity index (χ0) is 21.1. The molecule has 0 aliphatic carbocycles. The monoisotopic (exact) mass is 412 g/mol. The number of unbranched alkanes of at least 4 members (excludes halogenated alkanes) is 1. The number of hydrogen-bond donors (Lipinski definition) is 1.